The zero-order valence-electron chi connectivity index (χ0n) is 15.9. The van der Waals surface area contributed by atoms with Crippen LogP contribution in [0.25, 0.3) is 0 Å². The third kappa shape index (κ3) is 5.22. The Kier molecular flexibility index (Phi) is 6.32. The summed E-state index contributed by atoms with van der Waals surface area (Å²) in [5.41, 5.74) is 7.86. The second-order valence-electron chi connectivity index (χ2n) is 6.51. The first-order chi connectivity index (χ1) is 13.9. The number of hydrogen-bond donors (Lipinski definition) is 1. The summed E-state index contributed by atoms with van der Waals surface area (Å²) >= 11 is 0. The molecule has 0 amide bonds. The molecular formula is C21H21N2O5P. The van der Waals surface area contributed by atoms with Crippen LogP contribution in [-0.2, 0) is 22.3 Å². The van der Waals surface area contributed by atoms with Crippen LogP contribution in [0.1, 0.15) is 11.1 Å². The fourth-order valence-electron chi connectivity index (χ4n) is 2.70. The molecule has 1 unspecified atom stereocenters. The van der Waals surface area contributed by atoms with Gasteiger partial charge in [0.2, 0.25) is 7.37 Å². The lowest BCUT2D eigenvalue weighted by Crippen LogP contribution is -2.13. The van der Waals surface area contributed by atoms with Gasteiger partial charge in [-0.3, -0.25) is 14.7 Å². The summed E-state index contributed by atoms with van der Waals surface area (Å²) in [5.74, 6) is 1.05. The van der Waals surface area contributed by atoms with E-state index in [-0.39, 0.29) is 17.6 Å². The summed E-state index contributed by atoms with van der Waals surface area (Å²) < 4.78 is 23.2. The Hall–Kier alpha value is -3.15. The average molecular weight is 412 g/mol. The van der Waals surface area contributed by atoms with E-state index in [4.69, 9.17) is 15.0 Å². The van der Waals surface area contributed by atoms with E-state index in [2.05, 4.69) is 6.07 Å². The predicted octanol–water partition coefficient (Wildman–Crippen LogP) is 4.51. The summed E-state index contributed by atoms with van der Waals surface area (Å²) in [6.45, 7) is 2.27. The van der Waals surface area contributed by atoms with Crippen molar-refractivity contribution >= 4 is 24.0 Å². The van der Waals surface area contributed by atoms with Crippen molar-refractivity contribution in [3.8, 4) is 5.75 Å². The Labute approximate surface area is 168 Å². The summed E-state index contributed by atoms with van der Waals surface area (Å²) in [5, 5.41) is 11.1. The van der Waals surface area contributed by atoms with Crippen LogP contribution in [0.4, 0.5) is 11.4 Å². The maximum absolute atomic E-state index is 12.7. The highest BCUT2D eigenvalue weighted by atomic mass is 31.2. The molecule has 0 saturated carbocycles. The summed E-state index contributed by atoms with van der Waals surface area (Å²) in [6, 6.07) is 21.2. The van der Waals surface area contributed by atoms with Gasteiger partial charge in [-0.2, -0.15) is 0 Å². The van der Waals surface area contributed by atoms with Gasteiger partial charge >= 0.3 is 0 Å². The molecule has 8 heteroatoms. The minimum atomic E-state index is -3.35. The Bertz CT molecular complexity index is 1030. The van der Waals surface area contributed by atoms with E-state index in [9.17, 15) is 14.7 Å². The molecule has 7 nitrogen and oxygen atoms in total. The van der Waals surface area contributed by atoms with Gasteiger partial charge in [0.05, 0.1) is 11.5 Å². The largest absolute Gasteiger partial charge is 0.488 e. The number of nitrogens with zero attached hydrogens (tertiary/aromatic N) is 1. The molecule has 0 aliphatic carbocycles. The second-order valence-corrected chi connectivity index (χ2v) is 8.94. The molecule has 0 spiro atoms. The number of nitrogens with two attached hydrogens (primary N) is 1. The lowest BCUT2D eigenvalue weighted by atomic mass is 10.1. The van der Waals surface area contributed by atoms with E-state index in [0.29, 0.717) is 5.69 Å². The highest BCUT2D eigenvalue weighted by Gasteiger charge is 2.29. The first-order valence-electron chi connectivity index (χ1n) is 8.88. The highest BCUT2D eigenvalue weighted by molar-refractivity contribution is 7.66. The van der Waals surface area contributed by atoms with Gasteiger partial charge in [-0.05, 0) is 23.8 Å². The molecular weight excluding hydrogens is 391 g/mol. The summed E-state index contributed by atoms with van der Waals surface area (Å²) in [6.07, 6.45) is 0. The molecule has 29 heavy (non-hydrogen) atoms. The first kappa shape index (κ1) is 20.6. The topological polar surface area (TPSA) is 105 Å². The first-order valence-corrected chi connectivity index (χ1v) is 10.9. The number of hydrogen-bond acceptors (Lipinski definition) is 6. The molecule has 1 aliphatic heterocycles. The van der Waals surface area contributed by atoms with Crippen molar-refractivity contribution in [2.75, 3.05) is 12.4 Å². The highest BCUT2D eigenvalue weighted by Crippen LogP contribution is 2.45. The van der Waals surface area contributed by atoms with Crippen LogP contribution in [0.3, 0.4) is 0 Å². The van der Waals surface area contributed by atoms with E-state index in [1.807, 2.05) is 48.5 Å². The average Bonchev–Trinajstić information content (AvgIpc) is 2.68. The van der Waals surface area contributed by atoms with Crippen molar-refractivity contribution in [2.24, 2.45) is 0 Å². The zero-order valence-corrected chi connectivity index (χ0v) is 16.7. The normalized spacial score (nSPS) is 13.6. The van der Waals surface area contributed by atoms with Crippen LogP contribution < -0.4 is 15.8 Å². The van der Waals surface area contributed by atoms with E-state index in [1.54, 1.807) is 0 Å². The van der Waals surface area contributed by atoms with E-state index < -0.39 is 12.3 Å². The van der Waals surface area contributed by atoms with Crippen LogP contribution in [0.5, 0.6) is 5.75 Å². The Balaban J connectivity index is 0.000000246. The minimum absolute atomic E-state index is 0.0310. The molecule has 2 N–H and O–H groups in total. The van der Waals surface area contributed by atoms with Crippen LogP contribution in [0, 0.1) is 10.1 Å². The van der Waals surface area contributed by atoms with Gasteiger partial charge in [-0.1, -0.05) is 48.5 Å². The molecule has 1 atom stereocenters. The Morgan fingerprint density at radius 1 is 1.10 bits per heavy atom. The lowest BCUT2D eigenvalue weighted by Gasteiger charge is -2.18. The quantitative estimate of drug-likeness (QED) is 0.286. The summed E-state index contributed by atoms with van der Waals surface area (Å²) in [4.78, 5) is 10.5. The van der Waals surface area contributed by atoms with Gasteiger partial charge in [0, 0.05) is 24.0 Å². The molecule has 150 valence electrons. The molecule has 4 rings (SSSR count). The van der Waals surface area contributed by atoms with Crippen LogP contribution in [-0.4, -0.2) is 11.6 Å². The zero-order chi connectivity index (χ0) is 20.9. The third-order valence-electron chi connectivity index (χ3n) is 4.31. The number of ether oxygens (including phenoxy) is 1. The van der Waals surface area contributed by atoms with Crippen molar-refractivity contribution in [3.63, 3.8) is 0 Å². The molecule has 0 fully saturated rings. The minimum Gasteiger partial charge on any atom is -0.488 e. The number of nitro groups is 1. The monoisotopic (exact) mass is 412 g/mol. The maximum atomic E-state index is 12.7. The third-order valence-corrected chi connectivity index (χ3v) is 6.17. The van der Waals surface area contributed by atoms with Crippen molar-refractivity contribution in [1.29, 1.82) is 0 Å². The summed E-state index contributed by atoms with van der Waals surface area (Å²) in [7, 11) is -3.35. The smallest absolute Gasteiger partial charge is 0.282 e. The number of fused-ring (bicyclic) bond motifs is 1. The maximum Gasteiger partial charge on any atom is 0.282 e. The van der Waals surface area contributed by atoms with Crippen molar-refractivity contribution < 1.29 is 18.7 Å². The predicted molar refractivity (Wildman–Crippen MR) is 113 cm³/mol. The van der Waals surface area contributed by atoms with Gasteiger partial charge in [0.15, 0.2) is 0 Å². The number of benzene rings is 3. The van der Waals surface area contributed by atoms with Gasteiger partial charge < -0.3 is 15.0 Å². The molecule has 3 aromatic carbocycles. The molecule has 1 aliphatic rings. The molecule has 0 bridgehead atoms. The van der Waals surface area contributed by atoms with Crippen LogP contribution in [0.15, 0.2) is 72.8 Å². The lowest BCUT2D eigenvalue weighted by molar-refractivity contribution is -0.383. The number of para-hydroxylation sites is 1. The number of anilines is 1. The van der Waals surface area contributed by atoms with Crippen molar-refractivity contribution in [1.82, 2.24) is 0 Å². The fraction of sp³-hybridized carbons (Fsp3) is 0.143. The van der Waals surface area contributed by atoms with E-state index in [1.165, 1.54) is 30.4 Å². The van der Waals surface area contributed by atoms with Crippen molar-refractivity contribution in [2.45, 2.75) is 13.2 Å². The standard InChI is InChI=1S/C14H15N2O4P.C7H6O/c1-21(19,20-10-11-5-3-2-4-6-11)14-9-12(15)7-8-13(14)16(17)18;1-2-4-7-6(3-1)5-8-7/h2-9H,10,15H2,1H3;1-4H,5H2. The molecule has 1 heterocycles. The van der Waals surface area contributed by atoms with Gasteiger partial charge in [-0.25, -0.2) is 0 Å². The Morgan fingerprint density at radius 3 is 2.34 bits per heavy atom. The number of nitro benzene ring substituents is 1. The second kappa shape index (κ2) is 8.90. The van der Waals surface area contributed by atoms with Crippen LogP contribution >= 0.6 is 7.37 Å². The molecule has 0 aromatic heterocycles. The van der Waals surface area contributed by atoms with E-state index >= 15 is 0 Å². The van der Waals surface area contributed by atoms with Gasteiger partial charge in [0.25, 0.3) is 5.69 Å². The van der Waals surface area contributed by atoms with Gasteiger partial charge in [0.1, 0.15) is 17.7 Å². The molecule has 3 aromatic rings. The molecule has 0 radical (unpaired) electrons. The van der Waals surface area contributed by atoms with Crippen LogP contribution in [0.2, 0.25) is 0 Å². The number of nitrogen functional groups attached to an aromatic ring is 1. The Morgan fingerprint density at radius 2 is 1.79 bits per heavy atom. The van der Waals surface area contributed by atoms with Gasteiger partial charge in [-0.15, -0.1) is 0 Å². The molecule has 0 saturated heterocycles. The number of rotatable bonds is 5. The SMILES string of the molecule is CP(=O)(OCc1ccccc1)c1cc(N)ccc1[N+](=O)[O-].c1ccc2c(c1)CO2. The van der Waals surface area contributed by atoms with Crippen molar-refractivity contribution in [3.05, 3.63) is 94.0 Å². The van der Waals surface area contributed by atoms with E-state index in [0.717, 1.165) is 17.9 Å². The fourth-order valence-corrected chi connectivity index (χ4v) is 4.19.